The van der Waals surface area contributed by atoms with Gasteiger partial charge in [0.2, 0.25) is 0 Å². The van der Waals surface area contributed by atoms with E-state index in [1.165, 1.54) is 0 Å². The Morgan fingerprint density at radius 3 is 2.33 bits per heavy atom. The second-order valence-corrected chi connectivity index (χ2v) is 2.18. The quantitative estimate of drug-likeness (QED) is 0.558. The maximum absolute atomic E-state index is 8.69. The van der Waals surface area contributed by atoms with E-state index in [-0.39, 0.29) is 12.7 Å². The minimum atomic E-state index is -0.445. The van der Waals surface area contributed by atoms with Crippen LogP contribution in [0.2, 0.25) is 0 Å². The Hall–Kier alpha value is -0.120. The van der Waals surface area contributed by atoms with Gasteiger partial charge in [0.15, 0.2) is 0 Å². The van der Waals surface area contributed by atoms with Gasteiger partial charge in [-0.25, -0.2) is 0 Å². The van der Waals surface area contributed by atoms with Crippen LogP contribution in [0.15, 0.2) is 0 Å². The highest BCUT2D eigenvalue weighted by molar-refractivity contribution is 4.47. The highest BCUT2D eigenvalue weighted by Crippen LogP contribution is 1.90. The molecule has 0 spiro atoms. The van der Waals surface area contributed by atoms with Gasteiger partial charge in [-0.05, 0) is 13.8 Å². The molecule has 3 nitrogen and oxygen atoms in total. The maximum atomic E-state index is 8.69. The smallest absolute Gasteiger partial charge is 0.0779 e. The molecule has 0 bridgehead atoms. The maximum Gasteiger partial charge on any atom is 0.0779 e. The SMILES string of the molecule is CC(O)CO[C@@H](C)CO. The van der Waals surface area contributed by atoms with E-state index < -0.39 is 6.10 Å². The molecule has 0 amide bonds. The van der Waals surface area contributed by atoms with Crippen LogP contribution in [0.5, 0.6) is 0 Å². The van der Waals surface area contributed by atoms with E-state index >= 15 is 0 Å². The lowest BCUT2D eigenvalue weighted by Gasteiger charge is -2.10. The van der Waals surface area contributed by atoms with E-state index in [2.05, 4.69) is 0 Å². The van der Waals surface area contributed by atoms with Crippen LogP contribution >= 0.6 is 0 Å². The first-order valence-corrected chi connectivity index (χ1v) is 3.07. The summed E-state index contributed by atoms with van der Waals surface area (Å²) < 4.78 is 4.95. The molecule has 0 saturated heterocycles. The molecule has 0 aromatic carbocycles. The van der Waals surface area contributed by atoms with E-state index in [1.54, 1.807) is 13.8 Å². The fourth-order valence-electron chi connectivity index (χ4n) is 0.356. The van der Waals surface area contributed by atoms with Crippen molar-refractivity contribution in [3.63, 3.8) is 0 Å². The molecule has 0 saturated carbocycles. The molecule has 0 aromatic heterocycles. The third-order valence-corrected chi connectivity index (χ3v) is 0.879. The minimum absolute atomic E-state index is 0.00667. The lowest BCUT2D eigenvalue weighted by molar-refractivity contribution is -0.0177. The number of rotatable bonds is 4. The predicted octanol–water partition coefficient (Wildman–Crippen LogP) is -0.235. The molecule has 0 heterocycles. The summed E-state index contributed by atoms with van der Waals surface area (Å²) in [4.78, 5) is 0. The van der Waals surface area contributed by atoms with Crippen LogP contribution < -0.4 is 0 Å². The van der Waals surface area contributed by atoms with Gasteiger partial charge in [-0.3, -0.25) is 0 Å². The van der Waals surface area contributed by atoms with Crippen molar-refractivity contribution < 1.29 is 14.9 Å². The fourth-order valence-corrected chi connectivity index (χ4v) is 0.356. The van der Waals surface area contributed by atoms with Gasteiger partial charge in [0.05, 0.1) is 25.4 Å². The molecule has 56 valence electrons. The van der Waals surface area contributed by atoms with Crippen LogP contribution in [0.1, 0.15) is 13.8 Å². The first-order chi connectivity index (χ1) is 4.16. The van der Waals surface area contributed by atoms with Crippen molar-refractivity contribution >= 4 is 0 Å². The molecular weight excluding hydrogens is 120 g/mol. The third kappa shape index (κ3) is 5.76. The van der Waals surface area contributed by atoms with Crippen molar-refractivity contribution in [2.75, 3.05) is 13.2 Å². The molecule has 2 N–H and O–H groups in total. The first-order valence-electron chi connectivity index (χ1n) is 3.07. The zero-order chi connectivity index (χ0) is 7.28. The molecule has 1 unspecified atom stereocenters. The topological polar surface area (TPSA) is 49.7 Å². The van der Waals surface area contributed by atoms with E-state index in [0.717, 1.165) is 0 Å². The average Bonchev–Trinajstić information content (AvgIpc) is 1.83. The third-order valence-electron chi connectivity index (χ3n) is 0.879. The molecule has 0 fully saturated rings. The zero-order valence-corrected chi connectivity index (χ0v) is 5.87. The summed E-state index contributed by atoms with van der Waals surface area (Å²) in [5.41, 5.74) is 0. The molecule has 0 aliphatic heterocycles. The number of aliphatic hydroxyl groups is 2. The van der Waals surface area contributed by atoms with Crippen LogP contribution in [0, 0.1) is 0 Å². The Bertz CT molecular complexity index is 63.3. The van der Waals surface area contributed by atoms with Crippen LogP contribution in [-0.2, 0) is 4.74 Å². The largest absolute Gasteiger partial charge is 0.394 e. The van der Waals surface area contributed by atoms with Crippen LogP contribution in [0.3, 0.4) is 0 Å². The Labute approximate surface area is 55.3 Å². The minimum Gasteiger partial charge on any atom is -0.394 e. The Morgan fingerprint density at radius 1 is 1.44 bits per heavy atom. The van der Waals surface area contributed by atoms with Crippen molar-refractivity contribution in [1.29, 1.82) is 0 Å². The van der Waals surface area contributed by atoms with E-state index in [9.17, 15) is 0 Å². The lowest BCUT2D eigenvalue weighted by Crippen LogP contribution is -2.19. The summed E-state index contributed by atoms with van der Waals surface area (Å²) in [6.07, 6.45) is -0.612. The van der Waals surface area contributed by atoms with Gasteiger partial charge in [0.25, 0.3) is 0 Å². The highest BCUT2D eigenvalue weighted by Gasteiger charge is 2.00. The average molecular weight is 134 g/mol. The standard InChI is InChI=1S/C6H14O3/c1-5(8)4-9-6(2)3-7/h5-8H,3-4H2,1-2H3/t5?,6-/m0/s1. The van der Waals surface area contributed by atoms with Crippen molar-refractivity contribution in [2.45, 2.75) is 26.1 Å². The molecule has 2 atom stereocenters. The van der Waals surface area contributed by atoms with E-state index in [0.29, 0.717) is 6.61 Å². The van der Waals surface area contributed by atoms with Crippen molar-refractivity contribution in [3.8, 4) is 0 Å². The molecule has 0 aliphatic carbocycles. The number of hydrogen-bond acceptors (Lipinski definition) is 3. The van der Waals surface area contributed by atoms with Gasteiger partial charge in [-0.15, -0.1) is 0 Å². The Balaban J connectivity index is 3.06. The Morgan fingerprint density at radius 2 is 2.00 bits per heavy atom. The molecule has 0 aliphatic rings. The molecule has 0 radical (unpaired) electrons. The number of ether oxygens (including phenoxy) is 1. The summed E-state index contributed by atoms with van der Waals surface area (Å²) in [7, 11) is 0. The summed E-state index contributed by atoms with van der Waals surface area (Å²) in [6, 6.07) is 0. The van der Waals surface area contributed by atoms with Crippen molar-refractivity contribution in [3.05, 3.63) is 0 Å². The summed E-state index contributed by atoms with van der Waals surface area (Å²) in [6.45, 7) is 3.70. The normalized spacial score (nSPS) is 17.3. The van der Waals surface area contributed by atoms with Crippen molar-refractivity contribution in [1.82, 2.24) is 0 Å². The predicted molar refractivity (Wildman–Crippen MR) is 34.2 cm³/mol. The Kier molecular flexibility index (Phi) is 4.67. The molecule has 0 aromatic rings. The van der Waals surface area contributed by atoms with E-state index in [4.69, 9.17) is 14.9 Å². The molecular formula is C6H14O3. The summed E-state index contributed by atoms with van der Waals surface area (Å²) in [5.74, 6) is 0. The molecule has 3 heteroatoms. The number of aliphatic hydroxyl groups excluding tert-OH is 2. The van der Waals surface area contributed by atoms with Crippen LogP contribution in [-0.4, -0.2) is 35.6 Å². The van der Waals surface area contributed by atoms with Crippen LogP contribution in [0.25, 0.3) is 0 Å². The van der Waals surface area contributed by atoms with Gasteiger partial charge in [0, 0.05) is 0 Å². The molecule has 9 heavy (non-hydrogen) atoms. The second-order valence-electron chi connectivity index (χ2n) is 2.18. The van der Waals surface area contributed by atoms with E-state index in [1.807, 2.05) is 0 Å². The summed E-state index contributed by atoms with van der Waals surface area (Å²) in [5, 5.41) is 17.1. The zero-order valence-electron chi connectivity index (χ0n) is 5.87. The van der Waals surface area contributed by atoms with Gasteiger partial charge in [-0.1, -0.05) is 0 Å². The lowest BCUT2D eigenvalue weighted by atomic mass is 10.4. The van der Waals surface area contributed by atoms with Gasteiger partial charge in [0.1, 0.15) is 0 Å². The van der Waals surface area contributed by atoms with Gasteiger partial charge < -0.3 is 14.9 Å². The number of hydrogen-bond donors (Lipinski definition) is 2. The molecule has 0 rings (SSSR count). The second kappa shape index (κ2) is 4.73. The monoisotopic (exact) mass is 134 g/mol. The van der Waals surface area contributed by atoms with Gasteiger partial charge in [-0.2, -0.15) is 0 Å². The van der Waals surface area contributed by atoms with Crippen molar-refractivity contribution in [2.24, 2.45) is 0 Å². The first kappa shape index (κ1) is 8.88. The fraction of sp³-hybridized carbons (Fsp3) is 1.00. The van der Waals surface area contributed by atoms with Crippen LogP contribution in [0.4, 0.5) is 0 Å². The summed E-state index contributed by atoms with van der Waals surface area (Å²) >= 11 is 0. The van der Waals surface area contributed by atoms with Gasteiger partial charge >= 0.3 is 0 Å². The highest BCUT2D eigenvalue weighted by atomic mass is 16.5.